The van der Waals surface area contributed by atoms with Gasteiger partial charge in [0.1, 0.15) is 5.75 Å². The Morgan fingerprint density at radius 2 is 1.71 bits per heavy atom. The lowest BCUT2D eigenvalue weighted by Crippen LogP contribution is -2.29. The minimum Gasteiger partial charge on any atom is -0.480 e. The maximum absolute atomic E-state index is 13.5. The SMILES string of the molecule is Cn1c(-c2ccccc2C(F)(F)F)nnc1C(C)(C)Oc1ccc(-c2noc(C3CC3)n2)cc1. The van der Waals surface area contributed by atoms with Crippen molar-refractivity contribution in [2.24, 2.45) is 7.05 Å². The minimum atomic E-state index is -4.51. The van der Waals surface area contributed by atoms with Gasteiger partial charge >= 0.3 is 6.18 Å². The molecule has 1 aliphatic rings. The molecule has 7 nitrogen and oxygen atoms in total. The molecule has 0 bridgehead atoms. The van der Waals surface area contributed by atoms with E-state index in [4.69, 9.17) is 9.26 Å². The highest BCUT2D eigenvalue weighted by Crippen LogP contribution is 2.40. The predicted molar refractivity (Wildman–Crippen MR) is 117 cm³/mol. The summed E-state index contributed by atoms with van der Waals surface area (Å²) in [7, 11) is 1.62. The zero-order valence-corrected chi connectivity index (χ0v) is 18.8. The van der Waals surface area contributed by atoms with Crippen molar-refractivity contribution in [3.05, 3.63) is 65.8 Å². The van der Waals surface area contributed by atoms with Gasteiger partial charge in [0.15, 0.2) is 17.2 Å². The molecule has 10 heteroatoms. The van der Waals surface area contributed by atoms with Crippen LogP contribution in [0.1, 0.15) is 49.9 Å². The first-order valence-corrected chi connectivity index (χ1v) is 10.8. The van der Waals surface area contributed by atoms with Crippen LogP contribution in [-0.4, -0.2) is 24.9 Å². The molecule has 176 valence electrons. The Morgan fingerprint density at radius 3 is 2.38 bits per heavy atom. The van der Waals surface area contributed by atoms with E-state index in [2.05, 4.69) is 20.3 Å². The van der Waals surface area contributed by atoms with Crippen molar-refractivity contribution in [1.82, 2.24) is 24.9 Å². The molecule has 0 amide bonds. The Hall–Kier alpha value is -3.69. The van der Waals surface area contributed by atoms with Gasteiger partial charge in [-0.15, -0.1) is 10.2 Å². The zero-order valence-electron chi connectivity index (χ0n) is 18.8. The maximum atomic E-state index is 13.5. The van der Waals surface area contributed by atoms with E-state index in [1.165, 1.54) is 16.7 Å². The first kappa shape index (κ1) is 22.1. The van der Waals surface area contributed by atoms with Gasteiger partial charge in [-0.3, -0.25) is 0 Å². The second kappa shape index (κ2) is 7.96. The lowest BCUT2D eigenvalue weighted by molar-refractivity contribution is -0.137. The Bertz CT molecular complexity index is 1320. The van der Waals surface area contributed by atoms with Crippen molar-refractivity contribution < 1.29 is 22.4 Å². The quantitative estimate of drug-likeness (QED) is 0.358. The summed E-state index contributed by atoms with van der Waals surface area (Å²) in [5, 5.41) is 12.2. The minimum absolute atomic E-state index is 0.0397. The molecule has 1 fully saturated rings. The molecule has 5 rings (SSSR count). The molecule has 1 aliphatic carbocycles. The highest BCUT2D eigenvalue weighted by atomic mass is 19.4. The Balaban J connectivity index is 1.38. The number of aromatic nitrogens is 5. The summed E-state index contributed by atoms with van der Waals surface area (Å²) >= 11 is 0. The molecule has 0 atom stereocenters. The second-order valence-electron chi connectivity index (χ2n) is 8.82. The third-order valence-electron chi connectivity index (χ3n) is 5.74. The fourth-order valence-electron chi connectivity index (χ4n) is 3.87. The summed E-state index contributed by atoms with van der Waals surface area (Å²) in [6, 6.07) is 12.5. The summed E-state index contributed by atoms with van der Waals surface area (Å²) in [5.74, 6) is 2.62. The van der Waals surface area contributed by atoms with Gasteiger partial charge in [0.2, 0.25) is 11.7 Å². The van der Waals surface area contributed by atoms with Crippen molar-refractivity contribution in [3.8, 4) is 28.5 Å². The average Bonchev–Trinajstić information content (AvgIpc) is 3.38. The van der Waals surface area contributed by atoms with Crippen LogP contribution in [-0.2, 0) is 18.8 Å². The molecule has 0 saturated heterocycles. The van der Waals surface area contributed by atoms with Crippen LogP contribution >= 0.6 is 0 Å². The van der Waals surface area contributed by atoms with E-state index in [9.17, 15) is 13.2 Å². The van der Waals surface area contributed by atoms with Crippen LogP contribution in [0.2, 0.25) is 0 Å². The lowest BCUT2D eigenvalue weighted by atomic mass is 10.1. The molecule has 0 unspecified atom stereocenters. The Morgan fingerprint density at radius 1 is 1.00 bits per heavy atom. The zero-order chi connectivity index (χ0) is 24.1. The van der Waals surface area contributed by atoms with E-state index < -0.39 is 17.3 Å². The first-order chi connectivity index (χ1) is 16.1. The molecule has 34 heavy (non-hydrogen) atoms. The topological polar surface area (TPSA) is 78.9 Å². The van der Waals surface area contributed by atoms with Crippen molar-refractivity contribution in [2.45, 2.75) is 44.4 Å². The molecule has 0 aliphatic heterocycles. The molecular weight excluding hydrogens is 447 g/mol. The van der Waals surface area contributed by atoms with E-state index in [0.29, 0.717) is 29.2 Å². The van der Waals surface area contributed by atoms with Crippen LogP contribution in [0.15, 0.2) is 53.1 Å². The standard InChI is InChI=1S/C24H22F3N5O2/c1-23(2,22-30-29-20(32(22)3)17-6-4-5-7-18(17)24(25,26)27)33-16-12-10-14(11-13-16)19-28-21(34-31-19)15-8-9-15/h4-7,10-13,15H,8-9H2,1-3H3. The largest absolute Gasteiger partial charge is 0.480 e. The van der Waals surface area contributed by atoms with Crippen molar-refractivity contribution >= 4 is 0 Å². The smallest absolute Gasteiger partial charge is 0.417 e. The van der Waals surface area contributed by atoms with Gasteiger partial charge in [-0.2, -0.15) is 18.2 Å². The lowest BCUT2D eigenvalue weighted by Gasteiger charge is -2.25. The predicted octanol–water partition coefficient (Wildman–Crippen LogP) is 5.74. The highest BCUT2D eigenvalue weighted by Gasteiger charge is 2.36. The second-order valence-corrected chi connectivity index (χ2v) is 8.82. The maximum Gasteiger partial charge on any atom is 0.417 e. The monoisotopic (exact) mass is 469 g/mol. The van der Waals surface area contributed by atoms with Crippen molar-refractivity contribution in [1.29, 1.82) is 0 Å². The fourth-order valence-corrected chi connectivity index (χ4v) is 3.87. The molecule has 0 spiro atoms. The summed E-state index contributed by atoms with van der Waals surface area (Å²) in [4.78, 5) is 4.44. The van der Waals surface area contributed by atoms with Crippen LogP contribution in [0, 0.1) is 0 Å². The Kier molecular flexibility index (Phi) is 5.18. The molecule has 0 N–H and O–H groups in total. The van der Waals surface area contributed by atoms with Gasteiger partial charge < -0.3 is 13.8 Å². The summed E-state index contributed by atoms with van der Waals surface area (Å²) in [5.41, 5.74) is -0.981. The van der Waals surface area contributed by atoms with Gasteiger partial charge in [0.05, 0.1) is 5.56 Å². The van der Waals surface area contributed by atoms with Crippen LogP contribution in [0.25, 0.3) is 22.8 Å². The van der Waals surface area contributed by atoms with Crippen molar-refractivity contribution in [3.63, 3.8) is 0 Å². The highest BCUT2D eigenvalue weighted by molar-refractivity contribution is 5.61. The average molecular weight is 469 g/mol. The third-order valence-corrected chi connectivity index (χ3v) is 5.74. The number of hydrogen-bond acceptors (Lipinski definition) is 6. The Labute approximate surface area is 193 Å². The molecule has 2 heterocycles. The number of rotatable bonds is 6. The summed E-state index contributed by atoms with van der Waals surface area (Å²) < 4.78 is 53.5. The summed E-state index contributed by atoms with van der Waals surface area (Å²) in [6.07, 6.45) is -2.35. The number of hydrogen-bond donors (Lipinski definition) is 0. The van der Waals surface area contributed by atoms with Gasteiger partial charge in [-0.1, -0.05) is 23.4 Å². The number of halogens is 3. The third kappa shape index (κ3) is 4.15. The number of ether oxygens (including phenoxy) is 1. The first-order valence-electron chi connectivity index (χ1n) is 10.8. The van der Waals surface area contributed by atoms with E-state index in [-0.39, 0.29) is 11.4 Å². The fraction of sp³-hybridized carbons (Fsp3) is 0.333. The molecule has 2 aromatic carbocycles. The van der Waals surface area contributed by atoms with E-state index in [0.717, 1.165) is 24.5 Å². The van der Waals surface area contributed by atoms with Crippen LogP contribution in [0.4, 0.5) is 13.2 Å². The van der Waals surface area contributed by atoms with E-state index in [1.807, 2.05) is 12.1 Å². The van der Waals surface area contributed by atoms with Gasteiger partial charge in [0, 0.05) is 24.1 Å². The molecule has 0 radical (unpaired) electrons. The summed E-state index contributed by atoms with van der Waals surface area (Å²) in [6.45, 7) is 3.57. The molecular formula is C24H22F3N5O2. The van der Waals surface area contributed by atoms with E-state index in [1.54, 1.807) is 39.1 Å². The van der Waals surface area contributed by atoms with Gasteiger partial charge in [-0.05, 0) is 57.0 Å². The van der Waals surface area contributed by atoms with Gasteiger partial charge in [-0.25, -0.2) is 0 Å². The molecule has 2 aromatic heterocycles. The van der Waals surface area contributed by atoms with Gasteiger partial charge in [0.25, 0.3) is 0 Å². The number of benzene rings is 2. The van der Waals surface area contributed by atoms with Crippen LogP contribution < -0.4 is 4.74 Å². The molecule has 1 saturated carbocycles. The number of alkyl halides is 3. The normalized spacial score (nSPS) is 14.4. The molecule has 4 aromatic rings. The van der Waals surface area contributed by atoms with Crippen LogP contribution in [0.3, 0.4) is 0 Å². The van der Waals surface area contributed by atoms with Crippen LogP contribution in [0.5, 0.6) is 5.75 Å². The number of nitrogens with zero attached hydrogens (tertiary/aromatic N) is 5. The van der Waals surface area contributed by atoms with Crippen molar-refractivity contribution in [2.75, 3.05) is 0 Å². The van der Waals surface area contributed by atoms with E-state index >= 15 is 0 Å².